The Bertz CT molecular complexity index is 714. The Balaban J connectivity index is 2.00. The van der Waals surface area contributed by atoms with Gasteiger partial charge in [-0.05, 0) is 36.0 Å². The predicted octanol–water partition coefficient (Wildman–Crippen LogP) is 3.04. The number of benzene rings is 1. The highest BCUT2D eigenvalue weighted by molar-refractivity contribution is 8.00. The molecule has 0 unspecified atom stereocenters. The van der Waals surface area contributed by atoms with Gasteiger partial charge in [-0.15, -0.1) is 11.3 Å². The van der Waals surface area contributed by atoms with Crippen LogP contribution in [0.1, 0.15) is 16.1 Å². The number of anilines is 1. The Morgan fingerprint density at radius 2 is 1.91 bits per heavy atom. The van der Waals surface area contributed by atoms with E-state index in [-0.39, 0.29) is 33.8 Å². The molecule has 0 aliphatic heterocycles. The molecule has 0 aliphatic rings. The number of aromatic nitrogens is 1. The second-order valence-corrected chi connectivity index (χ2v) is 6.31. The molecule has 122 valence electrons. The molecule has 3 N–H and O–H groups in total. The summed E-state index contributed by atoms with van der Waals surface area (Å²) in [6.07, 6.45) is -0.0320. The molecule has 0 spiro atoms. The molecule has 0 fully saturated rings. The SMILES string of the molecule is NC(=O)Cc1csc(NC(=O)c2ccc(SC(F)(F)F)cc2)n1. The van der Waals surface area contributed by atoms with Crippen LogP contribution >= 0.6 is 23.1 Å². The van der Waals surface area contributed by atoms with Crippen molar-refractivity contribution >= 4 is 40.0 Å². The number of amides is 2. The third-order valence-electron chi connectivity index (χ3n) is 2.48. The van der Waals surface area contributed by atoms with Crippen LogP contribution in [0.25, 0.3) is 0 Å². The minimum atomic E-state index is -4.37. The number of halogens is 3. The lowest BCUT2D eigenvalue weighted by molar-refractivity contribution is -0.117. The smallest absolute Gasteiger partial charge is 0.369 e. The zero-order valence-electron chi connectivity index (χ0n) is 11.4. The summed E-state index contributed by atoms with van der Waals surface area (Å²) in [5, 5.41) is 4.37. The molecule has 0 aliphatic carbocycles. The highest BCUT2D eigenvalue weighted by Crippen LogP contribution is 2.36. The molecule has 5 nitrogen and oxygen atoms in total. The molecule has 1 heterocycles. The zero-order valence-corrected chi connectivity index (χ0v) is 13.0. The second kappa shape index (κ2) is 7.01. The van der Waals surface area contributed by atoms with Gasteiger partial charge >= 0.3 is 5.51 Å². The second-order valence-electron chi connectivity index (χ2n) is 4.31. The van der Waals surface area contributed by atoms with Crippen molar-refractivity contribution in [1.82, 2.24) is 4.98 Å². The van der Waals surface area contributed by atoms with Crippen LogP contribution in [-0.4, -0.2) is 22.3 Å². The van der Waals surface area contributed by atoms with Crippen LogP contribution in [-0.2, 0) is 11.2 Å². The maximum absolute atomic E-state index is 12.2. The van der Waals surface area contributed by atoms with E-state index in [0.717, 1.165) is 11.3 Å². The van der Waals surface area contributed by atoms with E-state index in [1.807, 2.05) is 0 Å². The average molecular weight is 361 g/mol. The third kappa shape index (κ3) is 5.57. The number of nitrogens with zero attached hydrogens (tertiary/aromatic N) is 1. The maximum Gasteiger partial charge on any atom is 0.446 e. The van der Waals surface area contributed by atoms with Gasteiger partial charge in [-0.1, -0.05) is 0 Å². The molecular weight excluding hydrogens is 351 g/mol. The van der Waals surface area contributed by atoms with Gasteiger partial charge in [-0.3, -0.25) is 14.9 Å². The van der Waals surface area contributed by atoms with Crippen LogP contribution in [0.2, 0.25) is 0 Å². The molecule has 2 amide bonds. The van der Waals surface area contributed by atoms with E-state index in [1.54, 1.807) is 5.38 Å². The van der Waals surface area contributed by atoms with E-state index in [2.05, 4.69) is 10.3 Å². The monoisotopic (exact) mass is 361 g/mol. The first-order chi connectivity index (χ1) is 10.7. The molecule has 1 aromatic heterocycles. The minimum absolute atomic E-state index is 0.00737. The van der Waals surface area contributed by atoms with Crippen molar-refractivity contribution in [2.75, 3.05) is 5.32 Å². The highest BCUT2D eigenvalue weighted by atomic mass is 32.2. The molecule has 1 aromatic carbocycles. The van der Waals surface area contributed by atoms with Crippen LogP contribution in [0.15, 0.2) is 34.5 Å². The molecule has 0 saturated carbocycles. The minimum Gasteiger partial charge on any atom is -0.369 e. The molecule has 0 bridgehead atoms. The quantitative estimate of drug-likeness (QED) is 0.802. The summed E-state index contributed by atoms with van der Waals surface area (Å²) >= 11 is 0.870. The van der Waals surface area contributed by atoms with E-state index in [0.29, 0.717) is 5.69 Å². The number of carbonyl (C=O) groups excluding carboxylic acids is 2. The van der Waals surface area contributed by atoms with Gasteiger partial charge < -0.3 is 5.73 Å². The van der Waals surface area contributed by atoms with E-state index in [9.17, 15) is 22.8 Å². The van der Waals surface area contributed by atoms with Crippen LogP contribution in [0.3, 0.4) is 0 Å². The molecule has 2 aromatic rings. The van der Waals surface area contributed by atoms with Crippen molar-refractivity contribution in [1.29, 1.82) is 0 Å². The number of nitrogens with one attached hydrogen (secondary N) is 1. The molecule has 10 heteroatoms. The Morgan fingerprint density at radius 1 is 1.26 bits per heavy atom. The Morgan fingerprint density at radius 3 is 2.48 bits per heavy atom. The zero-order chi connectivity index (χ0) is 17.0. The maximum atomic E-state index is 12.2. The number of nitrogens with two attached hydrogens (primary N) is 1. The van der Waals surface area contributed by atoms with Crippen LogP contribution in [0.5, 0.6) is 0 Å². The number of alkyl halides is 3. The predicted molar refractivity (Wildman–Crippen MR) is 81.3 cm³/mol. The van der Waals surface area contributed by atoms with Gasteiger partial charge in [-0.2, -0.15) is 13.2 Å². The molecular formula is C13H10F3N3O2S2. The topological polar surface area (TPSA) is 85.1 Å². The van der Waals surface area contributed by atoms with Crippen molar-refractivity contribution in [3.8, 4) is 0 Å². The lowest BCUT2D eigenvalue weighted by Crippen LogP contribution is -2.14. The summed E-state index contributed by atoms with van der Waals surface area (Å²) in [4.78, 5) is 26.8. The Labute approximate surface area is 137 Å². The van der Waals surface area contributed by atoms with Gasteiger partial charge in [0.1, 0.15) is 0 Å². The molecule has 0 atom stereocenters. The molecule has 0 radical (unpaired) electrons. The van der Waals surface area contributed by atoms with Crippen molar-refractivity contribution in [3.63, 3.8) is 0 Å². The first-order valence-corrected chi connectivity index (χ1v) is 7.82. The summed E-state index contributed by atoms with van der Waals surface area (Å²) in [5.41, 5.74) is 1.30. The Hall–Kier alpha value is -2.07. The first kappa shape index (κ1) is 17.3. The van der Waals surface area contributed by atoms with Gasteiger partial charge in [0.05, 0.1) is 12.1 Å². The normalized spacial score (nSPS) is 11.3. The van der Waals surface area contributed by atoms with Crippen LogP contribution in [0.4, 0.5) is 18.3 Å². The Kier molecular flexibility index (Phi) is 5.26. The first-order valence-electron chi connectivity index (χ1n) is 6.13. The van der Waals surface area contributed by atoms with Gasteiger partial charge in [0, 0.05) is 15.8 Å². The van der Waals surface area contributed by atoms with Crippen LogP contribution in [0, 0.1) is 0 Å². The van der Waals surface area contributed by atoms with Gasteiger partial charge in [0.25, 0.3) is 5.91 Å². The summed E-state index contributed by atoms with van der Waals surface area (Å²) < 4.78 is 36.7. The number of thioether (sulfide) groups is 1. The van der Waals surface area contributed by atoms with Crippen molar-refractivity contribution in [2.24, 2.45) is 5.73 Å². The van der Waals surface area contributed by atoms with Gasteiger partial charge in [0.15, 0.2) is 5.13 Å². The fraction of sp³-hybridized carbons (Fsp3) is 0.154. The van der Waals surface area contributed by atoms with Gasteiger partial charge in [-0.25, -0.2) is 4.98 Å². The summed E-state index contributed by atoms with van der Waals surface area (Å²) in [6.45, 7) is 0. The standard InChI is InChI=1S/C13H10F3N3O2S2/c14-13(15,16)23-9-3-1-7(2-4-9)11(21)19-12-18-8(6-22-12)5-10(17)20/h1-4,6H,5H2,(H2,17,20)(H,18,19,21). The van der Waals surface area contributed by atoms with Crippen molar-refractivity contribution in [3.05, 3.63) is 40.9 Å². The highest BCUT2D eigenvalue weighted by Gasteiger charge is 2.29. The number of hydrogen-bond donors (Lipinski definition) is 2. The van der Waals surface area contributed by atoms with Gasteiger partial charge in [0.2, 0.25) is 5.91 Å². The lowest BCUT2D eigenvalue weighted by Gasteiger charge is -2.06. The van der Waals surface area contributed by atoms with E-state index in [4.69, 9.17) is 5.73 Å². The number of rotatable bonds is 5. The molecule has 23 heavy (non-hydrogen) atoms. The van der Waals surface area contributed by atoms with Crippen molar-refractivity contribution in [2.45, 2.75) is 16.8 Å². The fourth-order valence-electron chi connectivity index (χ4n) is 1.60. The van der Waals surface area contributed by atoms with E-state index >= 15 is 0 Å². The van der Waals surface area contributed by atoms with Crippen molar-refractivity contribution < 1.29 is 22.8 Å². The largest absolute Gasteiger partial charge is 0.446 e. The number of hydrogen-bond acceptors (Lipinski definition) is 5. The van der Waals surface area contributed by atoms with E-state index < -0.39 is 17.3 Å². The number of carbonyl (C=O) groups is 2. The van der Waals surface area contributed by atoms with Crippen LogP contribution < -0.4 is 11.1 Å². The molecule has 2 rings (SSSR count). The average Bonchev–Trinajstić information content (AvgIpc) is 2.84. The van der Waals surface area contributed by atoms with E-state index in [1.165, 1.54) is 24.3 Å². The number of thiazole rings is 1. The fourth-order valence-corrected chi connectivity index (χ4v) is 2.85. The summed E-state index contributed by atoms with van der Waals surface area (Å²) in [5.74, 6) is -1.04. The molecule has 0 saturated heterocycles. The summed E-state index contributed by atoms with van der Waals surface area (Å²) in [7, 11) is 0. The summed E-state index contributed by atoms with van der Waals surface area (Å²) in [6, 6.07) is 5.02. The third-order valence-corrected chi connectivity index (χ3v) is 4.02. The lowest BCUT2D eigenvalue weighted by atomic mass is 10.2. The number of primary amides is 1.